The van der Waals surface area contributed by atoms with Crippen molar-refractivity contribution >= 4 is 29.5 Å². The Bertz CT molecular complexity index is 1020. The number of benzene rings is 1. The average molecular weight is 399 g/mol. The van der Waals surface area contributed by atoms with Crippen LogP contribution in [0.3, 0.4) is 0 Å². The van der Waals surface area contributed by atoms with Crippen LogP contribution in [0, 0.1) is 11.7 Å². The first-order chi connectivity index (χ1) is 13.1. The van der Waals surface area contributed by atoms with Gasteiger partial charge in [0.2, 0.25) is 5.91 Å². The van der Waals surface area contributed by atoms with Crippen LogP contribution in [0.25, 0.3) is 11.4 Å². The predicted molar refractivity (Wildman–Crippen MR) is 110 cm³/mol. The van der Waals surface area contributed by atoms with E-state index in [1.54, 1.807) is 15.9 Å². The predicted octanol–water partition coefficient (Wildman–Crippen LogP) is 4.51. The molecule has 2 aromatic heterocycles. The average Bonchev–Trinajstić information content (AvgIpc) is 3.29. The summed E-state index contributed by atoms with van der Waals surface area (Å²) in [6.07, 6.45) is 1.84. The highest BCUT2D eigenvalue weighted by Crippen LogP contribution is 2.35. The van der Waals surface area contributed by atoms with Gasteiger partial charge < -0.3 is 4.90 Å². The zero-order chi connectivity index (χ0) is 19.0. The summed E-state index contributed by atoms with van der Waals surface area (Å²) in [5.74, 6) is 0.791. The van der Waals surface area contributed by atoms with Gasteiger partial charge in [0.25, 0.3) is 0 Å². The third-order valence-corrected chi connectivity index (χ3v) is 6.47. The Hall–Kier alpha value is -2.25. The number of thiophene rings is 1. The lowest BCUT2D eigenvalue weighted by atomic mass is 9.98. The van der Waals surface area contributed by atoms with Gasteiger partial charge in [-0.2, -0.15) is 5.10 Å². The second-order valence-electron chi connectivity index (χ2n) is 6.86. The van der Waals surface area contributed by atoms with E-state index in [0.717, 1.165) is 24.9 Å². The molecule has 3 heterocycles. The fraction of sp³-hybridized carbons (Fsp3) is 0.350. The van der Waals surface area contributed by atoms with Crippen molar-refractivity contribution in [1.82, 2.24) is 19.7 Å². The van der Waals surface area contributed by atoms with E-state index in [1.165, 1.54) is 16.0 Å². The number of rotatable bonds is 4. The molecule has 140 valence electrons. The van der Waals surface area contributed by atoms with Gasteiger partial charge in [0, 0.05) is 17.0 Å². The van der Waals surface area contributed by atoms with E-state index in [1.807, 2.05) is 36.1 Å². The zero-order valence-corrected chi connectivity index (χ0v) is 17.1. The van der Waals surface area contributed by atoms with Crippen molar-refractivity contribution in [1.29, 1.82) is 0 Å². The molecule has 1 N–H and O–H groups in total. The lowest BCUT2D eigenvalue weighted by Crippen LogP contribution is -2.41. The number of aromatic amines is 1. The van der Waals surface area contributed by atoms with Gasteiger partial charge in [-0.1, -0.05) is 36.8 Å². The van der Waals surface area contributed by atoms with Crippen molar-refractivity contribution in [2.45, 2.75) is 39.3 Å². The lowest BCUT2D eigenvalue weighted by molar-refractivity contribution is -0.134. The van der Waals surface area contributed by atoms with Gasteiger partial charge in [-0.25, -0.2) is 0 Å². The molecule has 27 heavy (non-hydrogen) atoms. The Morgan fingerprint density at radius 3 is 2.85 bits per heavy atom. The SMILES string of the molecule is CC[C@H]1c2ccsc2CCN1C(=O)Cn1c(-c2ccc(C)cc2)n[nH]c1=S. The Labute approximate surface area is 167 Å². The molecule has 0 fully saturated rings. The summed E-state index contributed by atoms with van der Waals surface area (Å²) in [6.45, 7) is 5.15. The van der Waals surface area contributed by atoms with Crippen molar-refractivity contribution < 1.29 is 4.79 Å². The number of aromatic nitrogens is 3. The summed E-state index contributed by atoms with van der Waals surface area (Å²) in [4.78, 5) is 16.6. The number of amides is 1. The van der Waals surface area contributed by atoms with Gasteiger partial charge in [-0.3, -0.25) is 14.5 Å². The van der Waals surface area contributed by atoms with Crippen LogP contribution in [-0.4, -0.2) is 32.1 Å². The third kappa shape index (κ3) is 3.37. The summed E-state index contributed by atoms with van der Waals surface area (Å²) in [6, 6.07) is 10.4. The number of nitrogens with zero attached hydrogens (tertiary/aromatic N) is 3. The number of fused-ring (bicyclic) bond motifs is 1. The third-order valence-electron chi connectivity index (χ3n) is 5.16. The number of carbonyl (C=O) groups excluding carboxylic acids is 1. The van der Waals surface area contributed by atoms with Crippen LogP contribution >= 0.6 is 23.6 Å². The number of hydrogen-bond donors (Lipinski definition) is 1. The van der Waals surface area contributed by atoms with Crippen molar-refractivity contribution in [3.63, 3.8) is 0 Å². The van der Waals surface area contributed by atoms with E-state index in [2.05, 4.69) is 28.6 Å². The lowest BCUT2D eigenvalue weighted by Gasteiger charge is -2.35. The van der Waals surface area contributed by atoms with E-state index in [-0.39, 0.29) is 18.5 Å². The van der Waals surface area contributed by atoms with E-state index in [9.17, 15) is 4.79 Å². The van der Waals surface area contributed by atoms with Crippen molar-refractivity contribution in [3.8, 4) is 11.4 Å². The molecular weight excluding hydrogens is 376 g/mol. The first-order valence-corrected chi connectivity index (χ1v) is 10.4. The molecule has 5 nitrogen and oxygen atoms in total. The Balaban J connectivity index is 1.61. The van der Waals surface area contributed by atoms with E-state index < -0.39 is 0 Å². The van der Waals surface area contributed by atoms with Crippen LogP contribution in [-0.2, 0) is 17.8 Å². The number of H-pyrrole nitrogens is 1. The van der Waals surface area contributed by atoms with Crippen LogP contribution in [0.15, 0.2) is 35.7 Å². The smallest absolute Gasteiger partial charge is 0.243 e. The molecule has 1 amide bonds. The van der Waals surface area contributed by atoms with Gasteiger partial charge in [0.05, 0.1) is 6.04 Å². The van der Waals surface area contributed by atoms with Gasteiger partial charge in [0.1, 0.15) is 6.54 Å². The van der Waals surface area contributed by atoms with Gasteiger partial charge in [0.15, 0.2) is 10.6 Å². The first-order valence-electron chi connectivity index (χ1n) is 9.16. The van der Waals surface area contributed by atoms with E-state index in [4.69, 9.17) is 12.2 Å². The molecule has 0 saturated heterocycles. The van der Waals surface area contributed by atoms with Gasteiger partial charge >= 0.3 is 0 Å². The first kappa shape index (κ1) is 18.1. The summed E-state index contributed by atoms with van der Waals surface area (Å²) < 4.78 is 2.28. The van der Waals surface area contributed by atoms with Gasteiger partial charge in [-0.05, 0) is 49.0 Å². The quantitative estimate of drug-likeness (QED) is 0.658. The van der Waals surface area contributed by atoms with Crippen molar-refractivity contribution in [2.24, 2.45) is 0 Å². The fourth-order valence-electron chi connectivity index (χ4n) is 3.75. The fourth-order valence-corrected chi connectivity index (χ4v) is 4.87. The highest BCUT2D eigenvalue weighted by Gasteiger charge is 2.30. The molecule has 0 saturated carbocycles. The molecule has 1 aliphatic rings. The van der Waals surface area contributed by atoms with Gasteiger partial charge in [-0.15, -0.1) is 11.3 Å². The molecule has 1 atom stereocenters. The highest BCUT2D eigenvalue weighted by molar-refractivity contribution is 7.71. The standard InChI is InChI=1S/C20H22N4OS2/c1-3-16-15-9-11-27-17(15)8-10-23(16)18(25)12-24-19(21-22-20(24)26)14-6-4-13(2)5-7-14/h4-7,9,11,16H,3,8,10,12H2,1-2H3,(H,22,26)/t16-/m0/s1. The Kier molecular flexibility index (Phi) is 4.97. The van der Waals surface area contributed by atoms with Crippen molar-refractivity contribution in [2.75, 3.05) is 6.54 Å². The Morgan fingerprint density at radius 2 is 2.11 bits per heavy atom. The highest BCUT2D eigenvalue weighted by atomic mass is 32.1. The molecule has 0 spiro atoms. The molecule has 7 heteroatoms. The maximum Gasteiger partial charge on any atom is 0.243 e. The summed E-state index contributed by atoms with van der Waals surface area (Å²) in [5.41, 5.74) is 3.43. The summed E-state index contributed by atoms with van der Waals surface area (Å²) >= 11 is 7.19. The largest absolute Gasteiger partial charge is 0.334 e. The van der Waals surface area contributed by atoms with E-state index in [0.29, 0.717) is 10.6 Å². The van der Waals surface area contributed by atoms with Crippen LogP contribution in [0.4, 0.5) is 0 Å². The maximum atomic E-state index is 13.2. The number of nitrogens with one attached hydrogen (secondary N) is 1. The minimum Gasteiger partial charge on any atom is -0.334 e. The second-order valence-corrected chi connectivity index (χ2v) is 8.25. The molecule has 4 rings (SSSR count). The number of aryl methyl sites for hydroxylation is 1. The topological polar surface area (TPSA) is 53.9 Å². The number of hydrogen-bond acceptors (Lipinski definition) is 4. The zero-order valence-electron chi connectivity index (χ0n) is 15.4. The number of carbonyl (C=O) groups is 1. The van der Waals surface area contributed by atoms with Crippen molar-refractivity contribution in [3.05, 3.63) is 56.5 Å². The summed E-state index contributed by atoms with van der Waals surface area (Å²) in [7, 11) is 0. The minimum atomic E-state index is 0.0876. The molecular formula is C20H22N4OS2. The van der Waals surface area contributed by atoms with Crippen LogP contribution in [0.1, 0.15) is 35.4 Å². The minimum absolute atomic E-state index is 0.0876. The van der Waals surface area contributed by atoms with E-state index >= 15 is 0 Å². The maximum absolute atomic E-state index is 13.2. The molecule has 0 aliphatic carbocycles. The van der Waals surface area contributed by atoms with Crippen LogP contribution in [0.5, 0.6) is 0 Å². The van der Waals surface area contributed by atoms with Crippen LogP contribution in [0.2, 0.25) is 0 Å². The summed E-state index contributed by atoms with van der Waals surface area (Å²) in [5, 5.41) is 9.33. The Morgan fingerprint density at radius 1 is 1.33 bits per heavy atom. The normalized spacial score (nSPS) is 16.4. The second kappa shape index (κ2) is 7.40. The van der Waals surface area contributed by atoms with Crippen LogP contribution < -0.4 is 0 Å². The molecule has 1 aromatic carbocycles. The molecule has 0 radical (unpaired) electrons. The molecule has 1 aliphatic heterocycles. The molecule has 3 aromatic rings. The molecule has 0 unspecified atom stereocenters. The molecule has 0 bridgehead atoms. The monoisotopic (exact) mass is 398 g/mol.